The Morgan fingerprint density at radius 2 is 2.00 bits per heavy atom. The normalized spacial score (nSPS) is 17.8. The van der Waals surface area contributed by atoms with Gasteiger partial charge in [-0.15, -0.1) is 10.2 Å². The highest BCUT2D eigenvalue weighted by atomic mass is 32.2. The number of hydrogen-bond acceptors (Lipinski definition) is 8. The minimum atomic E-state index is -0.159. The van der Waals surface area contributed by atoms with Crippen LogP contribution in [0.15, 0.2) is 33.9 Å². The van der Waals surface area contributed by atoms with Crippen LogP contribution in [0.1, 0.15) is 57.5 Å². The van der Waals surface area contributed by atoms with Gasteiger partial charge in [-0.3, -0.25) is 4.57 Å². The maximum atomic E-state index is 5.89. The molecule has 3 aromatic rings. The first-order chi connectivity index (χ1) is 14.8. The Labute approximate surface area is 186 Å². The molecule has 31 heavy (non-hydrogen) atoms. The molecule has 0 radical (unpaired) electrons. The molecule has 1 fully saturated rings. The highest BCUT2D eigenvalue weighted by molar-refractivity contribution is 7.99. The van der Waals surface area contributed by atoms with Gasteiger partial charge >= 0.3 is 0 Å². The van der Waals surface area contributed by atoms with Crippen LogP contribution in [0.5, 0.6) is 5.75 Å². The summed E-state index contributed by atoms with van der Waals surface area (Å²) in [5.41, 5.74) is 0.826. The molecule has 1 saturated heterocycles. The summed E-state index contributed by atoms with van der Waals surface area (Å²) in [6.45, 7) is 9.76. The lowest BCUT2D eigenvalue weighted by molar-refractivity contribution is 0.0953. The van der Waals surface area contributed by atoms with Crippen molar-refractivity contribution in [3.63, 3.8) is 0 Å². The van der Waals surface area contributed by atoms with Gasteiger partial charge in [-0.1, -0.05) is 37.7 Å². The molecule has 1 aliphatic heterocycles. The van der Waals surface area contributed by atoms with Crippen molar-refractivity contribution in [1.82, 2.24) is 24.9 Å². The zero-order chi connectivity index (χ0) is 22.0. The van der Waals surface area contributed by atoms with E-state index in [1.807, 2.05) is 31.2 Å². The lowest BCUT2D eigenvalue weighted by atomic mass is 9.96. The van der Waals surface area contributed by atoms with E-state index in [0.717, 1.165) is 41.7 Å². The Morgan fingerprint density at radius 3 is 2.61 bits per heavy atom. The van der Waals surface area contributed by atoms with Gasteiger partial charge in [-0.2, -0.15) is 4.98 Å². The summed E-state index contributed by atoms with van der Waals surface area (Å²) < 4.78 is 18.9. The van der Waals surface area contributed by atoms with Gasteiger partial charge in [-0.05, 0) is 44.0 Å². The topological polar surface area (TPSA) is 88.1 Å². The molecule has 0 bridgehead atoms. The van der Waals surface area contributed by atoms with Gasteiger partial charge < -0.3 is 14.0 Å². The van der Waals surface area contributed by atoms with Gasteiger partial charge in [0.05, 0.1) is 25.0 Å². The lowest BCUT2D eigenvalue weighted by Crippen LogP contribution is -2.17. The van der Waals surface area contributed by atoms with Crippen LogP contribution in [-0.2, 0) is 16.7 Å². The molecule has 9 heteroatoms. The first-order valence-corrected chi connectivity index (χ1v) is 11.4. The number of methoxy groups -OCH3 is 1. The van der Waals surface area contributed by atoms with Crippen molar-refractivity contribution >= 4 is 11.8 Å². The first-order valence-electron chi connectivity index (χ1n) is 10.5. The lowest BCUT2D eigenvalue weighted by Gasteiger charge is -2.16. The van der Waals surface area contributed by atoms with Crippen molar-refractivity contribution in [2.24, 2.45) is 0 Å². The molecule has 0 aliphatic carbocycles. The number of thioether (sulfide) groups is 1. The summed E-state index contributed by atoms with van der Waals surface area (Å²) in [7, 11) is 1.66. The third kappa shape index (κ3) is 4.93. The van der Waals surface area contributed by atoms with Crippen LogP contribution in [-0.4, -0.2) is 44.7 Å². The fourth-order valence-corrected chi connectivity index (χ4v) is 4.29. The SMILES string of the molecule is COc1ccc(-c2nnc(SC(C)c3nc(C(C)(C)C)no3)n2CC2CCCO2)cc1. The van der Waals surface area contributed by atoms with E-state index in [1.54, 1.807) is 18.9 Å². The van der Waals surface area contributed by atoms with Gasteiger partial charge in [-0.25, -0.2) is 0 Å². The molecule has 8 nitrogen and oxygen atoms in total. The maximum Gasteiger partial charge on any atom is 0.239 e. The Bertz CT molecular complexity index is 1000. The molecule has 0 saturated carbocycles. The highest BCUT2D eigenvalue weighted by Gasteiger charge is 2.27. The Balaban J connectivity index is 1.61. The molecule has 2 atom stereocenters. The van der Waals surface area contributed by atoms with E-state index < -0.39 is 0 Å². The van der Waals surface area contributed by atoms with E-state index in [0.29, 0.717) is 18.3 Å². The van der Waals surface area contributed by atoms with Crippen LogP contribution in [0.25, 0.3) is 11.4 Å². The third-order valence-electron chi connectivity index (χ3n) is 5.22. The van der Waals surface area contributed by atoms with E-state index in [4.69, 9.17) is 14.0 Å². The smallest absolute Gasteiger partial charge is 0.239 e. The summed E-state index contributed by atoms with van der Waals surface area (Å²) in [5.74, 6) is 2.92. The van der Waals surface area contributed by atoms with Crippen LogP contribution in [0.2, 0.25) is 0 Å². The second kappa shape index (κ2) is 9.00. The van der Waals surface area contributed by atoms with Crippen molar-refractivity contribution in [3.8, 4) is 17.1 Å². The summed E-state index contributed by atoms with van der Waals surface area (Å²) in [5, 5.41) is 13.9. The molecule has 0 N–H and O–H groups in total. The Hall–Kier alpha value is -2.39. The second-order valence-electron chi connectivity index (χ2n) is 8.75. The number of rotatable bonds is 7. The largest absolute Gasteiger partial charge is 0.497 e. The van der Waals surface area contributed by atoms with Crippen LogP contribution in [0.4, 0.5) is 0 Å². The van der Waals surface area contributed by atoms with Gasteiger partial charge in [0.2, 0.25) is 5.89 Å². The predicted molar refractivity (Wildman–Crippen MR) is 118 cm³/mol. The fourth-order valence-electron chi connectivity index (χ4n) is 3.40. The van der Waals surface area contributed by atoms with E-state index >= 15 is 0 Å². The van der Waals surface area contributed by atoms with Gasteiger partial charge in [0.1, 0.15) is 5.75 Å². The van der Waals surface area contributed by atoms with E-state index in [-0.39, 0.29) is 16.8 Å². The number of aromatic nitrogens is 5. The second-order valence-corrected chi connectivity index (χ2v) is 10.1. The number of hydrogen-bond donors (Lipinski definition) is 0. The number of benzene rings is 1. The average Bonchev–Trinajstić information content (AvgIpc) is 3.50. The summed E-state index contributed by atoms with van der Waals surface area (Å²) >= 11 is 1.57. The average molecular weight is 444 g/mol. The molecule has 0 amide bonds. The van der Waals surface area contributed by atoms with Gasteiger partial charge in [0, 0.05) is 17.6 Å². The van der Waals surface area contributed by atoms with Crippen LogP contribution >= 0.6 is 11.8 Å². The molecular weight excluding hydrogens is 414 g/mol. The maximum absolute atomic E-state index is 5.89. The number of ether oxygens (including phenoxy) is 2. The van der Waals surface area contributed by atoms with Crippen molar-refractivity contribution in [2.45, 2.75) is 69.0 Å². The van der Waals surface area contributed by atoms with Crippen LogP contribution in [0.3, 0.4) is 0 Å². The molecule has 0 spiro atoms. The van der Waals surface area contributed by atoms with Crippen molar-refractivity contribution in [3.05, 3.63) is 36.0 Å². The number of nitrogens with zero attached hydrogens (tertiary/aromatic N) is 5. The van der Waals surface area contributed by atoms with Crippen molar-refractivity contribution in [1.29, 1.82) is 0 Å². The molecule has 1 aromatic carbocycles. The minimum absolute atomic E-state index is 0.0558. The molecule has 4 rings (SSSR count). The van der Waals surface area contributed by atoms with Crippen molar-refractivity contribution < 1.29 is 14.0 Å². The molecule has 166 valence electrons. The highest BCUT2D eigenvalue weighted by Crippen LogP contribution is 2.36. The van der Waals surface area contributed by atoms with E-state index in [1.165, 1.54) is 0 Å². The zero-order valence-corrected chi connectivity index (χ0v) is 19.5. The monoisotopic (exact) mass is 443 g/mol. The standard InChI is InChI=1S/C22H29N5O3S/c1-14(19-23-20(26-30-19)22(2,3)4)31-21-25-24-18(15-8-10-16(28-5)11-9-15)27(21)13-17-7-6-12-29-17/h8-11,14,17H,6-7,12-13H2,1-5H3. The van der Waals surface area contributed by atoms with Gasteiger partial charge in [0.15, 0.2) is 16.8 Å². The summed E-state index contributed by atoms with van der Waals surface area (Å²) in [6, 6.07) is 7.87. The van der Waals surface area contributed by atoms with Gasteiger partial charge in [0.25, 0.3) is 0 Å². The van der Waals surface area contributed by atoms with E-state index in [2.05, 4.69) is 45.7 Å². The summed E-state index contributed by atoms with van der Waals surface area (Å²) in [6.07, 6.45) is 2.29. The first kappa shape index (κ1) is 21.8. The predicted octanol–water partition coefficient (Wildman–Crippen LogP) is 4.67. The molecule has 2 unspecified atom stereocenters. The Kier molecular flexibility index (Phi) is 6.34. The zero-order valence-electron chi connectivity index (χ0n) is 18.7. The minimum Gasteiger partial charge on any atom is -0.497 e. The fraction of sp³-hybridized carbons (Fsp3) is 0.545. The van der Waals surface area contributed by atoms with Crippen LogP contribution in [0, 0.1) is 0 Å². The molecule has 3 heterocycles. The third-order valence-corrected chi connectivity index (χ3v) is 6.29. The van der Waals surface area contributed by atoms with E-state index in [9.17, 15) is 0 Å². The molecular formula is C22H29N5O3S. The molecule has 2 aromatic heterocycles. The van der Waals surface area contributed by atoms with Crippen molar-refractivity contribution in [2.75, 3.05) is 13.7 Å². The summed E-state index contributed by atoms with van der Waals surface area (Å²) in [4.78, 5) is 4.60. The molecule has 1 aliphatic rings. The van der Waals surface area contributed by atoms with Crippen LogP contribution < -0.4 is 4.74 Å². The Morgan fingerprint density at radius 1 is 1.23 bits per heavy atom. The quantitative estimate of drug-likeness (QED) is 0.487.